The van der Waals surface area contributed by atoms with Crippen LogP contribution in [0.3, 0.4) is 0 Å². The van der Waals surface area contributed by atoms with Crippen LogP contribution in [-0.4, -0.2) is 48.1 Å². The molecule has 0 aliphatic rings. The SMILES string of the molecule is CN(C)C(=O)C(CNC[C@H](O)c1cccnc1)c1ccccc1. The van der Waals surface area contributed by atoms with Crippen LogP contribution in [0.25, 0.3) is 0 Å². The summed E-state index contributed by atoms with van der Waals surface area (Å²) in [4.78, 5) is 18.0. The average molecular weight is 313 g/mol. The highest BCUT2D eigenvalue weighted by Gasteiger charge is 2.22. The lowest BCUT2D eigenvalue weighted by molar-refractivity contribution is -0.130. The Morgan fingerprint density at radius 3 is 2.43 bits per heavy atom. The second-order valence-corrected chi connectivity index (χ2v) is 5.66. The molecule has 1 aromatic heterocycles. The average Bonchev–Trinajstić information content (AvgIpc) is 2.59. The molecule has 1 unspecified atom stereocenters. The molecule has 0 saturated heterocycles. The highest BCUT2D eigenvalue weighted by atomic mass is 16.3. The second-order valence-electron chi connectivity index (χ2n) is 5.66. The summed E-state index contributed by atoms with van der Waals surface area (Å²) in [6, 6.07) is 13.3. The number of carbonyl (C=O) groups excluding carboxylic acids is 1. The van der Waals surface area contributed by atoms with Gasteiger partial charge in [0.25, 0.3) is 0 Å². The van der Waals surface area contributed by atoms with Gasteiger partial charge in [-0.25, -0.2) is 0 Å². The Morgan fingerprint density at radius 1 is 1.13 bits per heavy atom. The molecule has 0 saturated carbocycles. The number of nitrogens with zero attached hydrogens (tertiary/aromatic N) is 2. The summed E-state index contributed by atoms with van der Waals surface area (Å²) in [6.07, 6.45) is 2.67. The maximum absolute atomic E-state index is 12.4. The highest BCUT2D eigenvalue weighted by molar-refractivity contribution is 5.83. The van der Waals surface area contributed by atoms with Gasteiger partial charge in [-0.1, -0.05) is 36.4 Å². The van der Waals surface area contributed by atoms with Crippen molar-refractivity contribution in [2.45, 2.75) is 12.0 Å². The number of hydrogen-bond acceptors (Lipinski definition) is 4. The van der Waals surface area contributed by atoms with Gasteiger partial charge < -0.3 is 15.3 Å². The summed E-state index contributed by atoms with van der Waals surface area (Å²) in [7, 11) is 3.51. The first kappa shape index (κ1) is 17.1. The van der Waals surface area contributed by atoms with Crippen LogP contribution in [0.4, 0.5) is 0 Å². The van der Waals surface area contributed by atoms with Gasteiger partial charge in [0, 0.05) is 45.1 Å². The van der Waals surface area contributed by atoms with Gasteiger partial charge in [0.2, 0.25) is 5.91 Å². The quantitative estimate of drug-likeness (QED) is 0.814. The van der Waals surface area contributed by atoms with Crippen LogP contribution in [0.15, 0.2) is 54.9 Å². The first-order chi connectivity index (χ1) is 11.1. The fourth-order valence-electron chi connectivity index (χ4n) is 2.40. The molecule has 5 nitrogen and oxygen atoms in total. The van der Waals surface area contributed by atoms with Gasteiger partial charge in [-0.15, -0.1) is 0 Å². The molecule has 1 amide bonds. The minimum atomic E-state index is -0.644. The number of aliphatic hydroxyl groups is 1. The number of benzene rings is 1. The molecule has 0 fully saturated rings. The van der Waals surface area contributed by atoms with Crippen LogP contribution in [0.2, 0.25) is 0 Å². The number of carbonyl (C=O) groups is 1. The third kappa shape index (κ3) is 4.87. The van der Waals surface area contributed by atoms with Crippen molar-refractivity contribution in [2.75, 3.05) is 27.2 Å². The van der Waals surface area contributed by atoms with E-state index in [-0.39, 0.29) is 11.8 Å². The smallest absolute Gasteiger partial charge is 0.230 e. The van der Waals surface area contributed by atoms with Crippen LogP contribution < -0.4 is 5.32 Å². The van der Waals surface area contributed by atoms with Crippen molar-refractivity contribution in [1.82, 2.24) is 15.2 Å². The molecule has 1 aromatic carbocycles. The lowest BCUT2D eigenvalue weighted by Gasteiger charge is -2.22. The van der Waals surface area contributed by atoms with Crippen LogP contribution >= 0.6 is 0 Å². The molecule has 0 aliphatic carbocycles. The summed E-state index contributed by atoms with van der Waals surface area (Å²) in [6.45, 7) is 0.841. The predicted molar refractivity (Wildman–Crippen MR) is 89.9 cm³/mol. The maximum atomic E-state index is 12.4. The van der Waals surface area contributed by atoms with Gasteiger partial charge in [0.15, 0.2) is 0 Å². The maximum Gasteiger partial charge on any atom is 0.230 e. The van der Waals surface area contributed by atoms with E-state index in [0.29, 0.717) is 13.1 Å². The van der Waals surface area contributed by atoms with Crippen LogP contribution in [0.5, 0.6) is 0 Å². The molecule has 1 heterocycles. The van der Waals surface area contributed by atoms with Crippen molar-refractivity contribution >= 4 is 5.91 Å². The number of hydrogen-bond donors (Lipinski definition) is 2. The van der Waals surface area contributed by atoms with Crippen molar-refractivity contribution in [3.63, 3.8) is 0 Å². The Balaban J connectivity index is 1.98. The molecule has 0 radical (unpaired) electrons. The topological polar surface area (TPSA) is 65.5 Å². The van der Waals surface area contributed by atoms with Crippen molar-refractivity contribution in [2.24, 2.45) is 0 Å². The molecule has 2 aromatic rings. The molecule has 0 aliphatic heterocycles. The number of likely N-dealkylation sites (N-methyl/N-ethyl adjacent to an activating group) is 1. The van der Waals surface area contributed by atoms with E-state index in [1.165, 1.54) is 0 Å². The van der Waals surface area contributed by atoms with Crippen LogP contribution in [-0.2, 0) is 4.79 Å². The van der Waals surface area contributed by atoms with Gasteiger partial charge in [-0.2, -0.15) is 0 Å². The normalized spacial score (nSPS) is 13.3. The van der Waals surface area contributed by atoms with E-state index < -0.39 is 6.10 Å². The van der Waals surface area contributed by atoms with E-state index in [0.717, 1.165) is 11.1 Å². The van der Waals surface area contributed by atoms with Gasteiger partial charge >= 0.3 is 0 Å². The first-order valence-corrected chi connectivity index (χ1v) is 7.64. The van der Waals surface area contributed by atoms with E-state index in [1.54, 1.807) is 37.5 Å². The zero-order valence-electron chi connectivity index (χ0n) is 13.5. The Hall–Kier alpha value is -2.24. The van der Waals surface area contributed by atoms with E-state index in [9.17, 15) is 9.90 Å². The third-order valence-corrected chi connectivity index (χ3v) is 3.70. The number of aliphatic hydroxyl groups excluding tert-OH is 1. The molecule has 5 heteroatoms. The Kier molecular flexibility index (Phi) is 6.26. The van der Waals surface area contributed by atoms with Crippen LogP contribution in [0.1, 0.15) is 23.1 Å². The summed E-state index contributed by atoms with van der Waals surface area (Å²) >= 11 is 0. The summed E-state index contributed by atoms with van der Waals surface area (Å²) < 4.78 is 0. The van der Waals surface area contributed by atoms with E-state index >= 15 is 0 Å². The summed E-state index contributed by atoms with van der Waals surface area (Å²) in [5, 5.41) is 13.3. The molecular formula is C18H23N3O2. The predicted octanol–water partition coefficient (Wildman–Crippen LogP) is 1.58. The minimum Gasteiger partial charge on any atom is -0.387 e. The molecule has 0 spiro atoms. The fraction of sp³-hybridized carbons (Fsp3) is 0.333. The molecule has 122 valence electrons. The number of pyridine rings is 1. The van der Waals surface area contributed by atoms with Gasteiger partial charge in [-0.05, 0) is 11.6 Å². The Morgan fingerprint density at radius 2 is 1.83 bits per heavy atom. The fourth-order valence-corrected chi connectivity index (χ4v) is 2.40. The molecule has 2 N–H and O–H groups in total. The zero-order chi connectivity index (χ0) is 16.7. The summed E-state index contributed by atoms with van der Waals surface area (Å²) in [5.74, 6) is -0.230. The van der Waals surface area contributed by atoms with E-state index in [2.05, 4.69) is 10.3 Å². The summed E-state index contributed by atoms with van der Waals surface area (Å²) in [5.41, 5.74) is 1.73. The molecule has 23 heavy (non-hydrogen) atoms. The van der Waals surface area contributed by atoms with E-state index in [4.69, 9.17) is 0 Å². The van der Waals surface area contributed by atoms with Gasteiger partial charge in [0.05, 0.1) is 12.0 Å². The zero-order valence-corrected chi connectivity index (χ0v) is 13.5. The monoisotopic (exact) mass is 313 g/mol. The number of amides is 1. The lowest BCUT2D eigenvalue weighted by atomic mass is 9.97. The van der Waals surface area contributed by atoms with Crippen molar-refractivity contribution in [1.29, 1.82) is 0 Å². The number of rotatable bonds is 7. The number of nitrogens with one attached hydrogen (secondary N) is 1. The largest absolute Gasteiger partial charge is 0.387 e. The lowest BCUT2D eigenvalue weighted by Crippen LogP contribution is -2.36. The highest BCUT2D eigenvalue weighted by Crippen LogP contribution is 2.17. The van der Waals surface area contributed by atoms with Crippen LogP contribution in [0, 0.1) is 0 Å². The molecule has 2 atom stereocenters. The van der Waals surface area contributed by atoms with E-state index in [1.807, 2.05) is 36.4 Å². The third-order valence-electron chi connectivity index (χ3n) is 3.70. The Labute approximate surface area is 137 Å². The standard InChI is InChI=1S/C18H23N3O2/c1-21(2)18(23)16(14-7-4-3-5-8-14)12-20-13-17(22)15-9-6-10-19-11-15/h3-11,16-17,20,22H,12-13H2,1-2H3/t16?,17-/m0/s1. The molecular weight excluding hydrogens is 290 g/mol. The second kappa shape index (κ2) is 8.41. The van der Waals surface area contributed by atoms with Crippen molar-refractivity contribution in [3.05, 3.63) is 66.0 Å². The number of aromatic nitrogens is 1. The van der Waals surface area contributed by atoms with Gasteiger partial charge in [0.1, 0.15) is 0 Å². The Bertz CT molecular complexity index is 602. The minimum absolute atomic E-state index is 0.0413. The first-order valence-electron chi connectivity index (χ1n) is 7.64. The molecule has 2 rings (SSSR count). The van der Waals surface area contributed by atoms with Crippen molar-refractivity contribution < 1.29 is 9.90 Å². The van der Waals surface area contributed by atoms with Crippen molar-refractivity contribution in [3.8, 4) is 0 Å². The molecule has 0 bridgehead atoms. The van der Waals surface area contributed by atoms with Gasteiger partial charge in [-0.3, -0.25) is 9.78 Å².